The van der Waals surface area contributed by atoms with Crippen molar-refractivity contribution in [1.82, 2.24) is 20.9 Å². The largest absolute Gasteiger partial charge is 0.471 e. The SMILES string of the molecule is C[C@@H](OC1(C)CC1)[C@H](NC(=O)C(F)(F)F)C(=O)N1CC2C(C1C(=O)N[C@H](C#N)C[C@@H]1CC(C)(C)NC1=O)C2(C)C. The molecule has 13 heteroatoms. The maximum absolute atomic E-state index is 13.8. The van der Waals surface area contributed by atoms with Gasteiger partial charge in [0.2, 0.25) is 17.7 Å². The zero-order valence-corrected chi connectivity index (χ0v) is 23.6. The van der Waals surface area contributed by atoms with E-state index in [2.05, 4.69) is 10.6 Å². The summed E-state index contributed by atoms with van der Waals surface area (Å²) in [5, 5.41) is 17.1. The molecular formula is C27H38F3N5O5. The van der Waals surface area contributed by atoms with E-state index in [1.54, 1.807) is 12.2 Å². The van der Waals surface area contributed by atoms with Crippen LogP contribution in [0.15, 0.2) is 0 Å². The molecule has 0 spiro atoms. The number of nitrogens with one attached hydrogen (secondary N) is 3. The first-order valence-corrected chi connectivity index (χ1v) is 13.7. The van der Waals surface area contributed by atoms with Gasteiger partial charge in [-0.05, 0) is 70.6 Å². The zero-order valence-electron chi connectivity index (χ0n) is 23.6. The first-order chi connectivity index (χ1) is 18.3. The molecule has 0 radical (unpaired) electrons. The number of carbonyl (C=O) groups is 4. The minimum absolute atomic E-state index is 0.0784. The van der Waals surface area contributed by atoms with Crippen molar-refractivity contribution >= 4 is 23.6 Å². The van der Waals surface area contributed by atoms with Crippen LogP contribution >= 0.6 is 0 Å². The molecule has 2 saturated heterocycles. The fourth-order valence-corrected chi connectivity index (χ4v) is 6.48. The molecule has 7 atom stereocenters. The second kappa shape index (κ2) is 9.89. The van der Waals surface area contributed by atoms with E-state index in [9.17, 15) is 37.6 Å². The summed E-state index contributed by atoms with van der Waals surface area (Å²) >= 11 is 0. The number of nitrogens with zero attached hydrogens (tertiary/aromatic N) is 2. The highest BCUT2D eigenvalue weighted by Crippen LogP contribution is 2.65. The Balaban J connectivity index is 1.53. The minimum Gasteiger partial charge on any atom is -0.370 e. The molecule has 2 heterocycles. The minimum atomic E-state index is -5.21. The van der Waals surface area contributed by atoms with Crippen molar-refractivity contribution in [3.63, 3.8) is 0 Å². The van der Waals surface area contributed by atoms with Crippen LogP contribution in [0.2, 0.25) is 0 Å². The predicted octanol–water partition coefficient (Wildman–Crippen LogP) is 1.79. The second-order valence-corrected chi connectivity index (χ2v) is 13.3. The molecule has 4 rings (SSSR count). The molecule has 0 bridgehead atoms. The molecule has 2 saturated carbocycles. The summed E-state index contributed by atoms with van der Waals surface area (Å²) in [5.74, 6) is -4.76. The Bertz CT molecular complexity index is 1130. The number of amides is 4. The van der Waals surface area contributed by atoms with Crippen LogP contribution in [0.25, 0.3) is 0 Å². The van der Waals surface area contributed by atoms with Crippen LogP contribution in [-0.2, 0) is 23.9 Å². The van der Waals surface area contributed by atoms with E-state index < -0.39 is 65.2 Å². The molecule has 0 aromatic carbocycles. The lowest BCUT2D eigenvalue weighted by atomic mass is 9.91. The number of alkyl halides is 3. The Kier molecular flexibility index (Phi) is 7.44. The van der Waals surface area contributed by atoms with Gasteiger partial charge >= 0.3 is 12.1 Å². The molecule has 10 nitrogen and oxygen atoms in total. The van der Waals surface area contributed by atoms with Gasteiger partial charge in [-0.1, -0.05) is 13.8 Å². The summed E-state index contributed by atoms with van der Waals surface area (Å²) in [6.07, 6.45) is -4.38. The number of ether oxygens (including phenoxy) is 1. The van der Waals surface area contributed by atoms with Crippen LogP contribution in [0.5, 0.6) is 0 Å². The average Bonchev–Trinajstić information content (AvgIpc) is 3.53. The molecule has 2 aliphatic carbocycles. The molecule has 222 valence electrons. The third-order valence-corrected chi connectivity index (χ3v) is 9.05. The predicted molar refractivity (Wildman–Crippen MR) is 135 cm³/mol. The van der Waals surface area contributed by atoms with Crippen molar-refractivity contribution in [2.75, 3.05) is 6.54 Å². The van der Waals surface area contributed by atoms with Gasteiger partial charge in [-0.15, -0.1) is 0 Å². The maximum atomic E-state index is 13.8. The van der Waals surface area contributed by atoms with Crippen molar-refractivity contribution in [2.45, 2.75) is 109 Å². The van der Waals surface area contributed by atoms with Crippen molar-refractivity contribution in [3.8, 4) is 6.07 Å². The molecule has 3 N–H and O–H groups in total. The van der Waals surface area contributed by atoms with Gasteiger partial charge in [0.25, 0.3) is 0 Å². The van der Waals surface area contributed by atoms with E-state index in [1.165, 1.54) is 11.8 Å². The smallest absolute Gasteiger partial charge is 0.370 e. The zero-order chi connectivity index (χ0) is 30.0. The number of hydrogen-bond donors (Lipinski definition) is 3. The third kappa shape index (κ3) is 5.92. The first-order valence-electron chi connectivity index (χ1n) is 13.7. The highest BCUT2D eigenvalue weighted by atomic mass is 19.4. The summed E-state index contributed by atoms with van der Waals surface area (Å²) in [6, 6.07) is -1.70. The van der Waals surface area contributed by atoms with Crippen LogP contribution in [0.1, 0.15) is 67.2 Å². The van der Waals surface area contributed by atoms with Gasteiger partial charge < -0.3 is 25.6 Å². The molecule has 0 aromatic rings. The van der Waals surface area contributed by atoms with E-state index in [0.29, 0.717) is 19.3 Å². The van der Waals surface area contributed by atoms with Gasteiger partial charge in [0.05, 0.1) is 17.8 Å². The summed E-state index contributed by atoms with van der Waals surface area (Å²) in [4.78, 5) is 52.8. The molecule has 4 amide bonds. The Labute approximate surface area is 231 Å². The number of fused-ring (bicyclic) bond motifs is 1. The third-order valence-electron chi connectivity index (χ3n) is 9.05. The van der Waals surface area contributed by atoms with Crippen molar-refractivity contribution in [1.29, 1.82) is 5.26 Å². The van der Waals surface area contributed by atoms with Crippen molar-refractivity contribution < 1.29 is 37.1 Å². The molecule has 0 aromatic heterocycles. The van der Waals surface area contributed by atoms with Crippen LogP contribution < -0.4 is 16.0 Å². The molecule has 4 aliphatic rings. The van der Waals surface area contributed by atoms with E-state index in [4.69, 9.17) is 4.74 Å². The van der Waals surface area contributed by atoms with Crippen LogP contribution in [0, 0.1) is 34.5 Å². The maximum Gasteiger partial charge on any atom is 0.471 e. The fourth-order valence-electron chi connectivity index (χ4n) is 6.48. The number of halogens is 3. The first kappa shape index (κ1) is 30.1. The molecule has 4 fully saturated rings. The van der Waals surface area contributed by atoms with Gasteiger partial charge in [0.1, 0.15) is 18.1 Å². The molecular weight excluding hydrogens is 531 g/mol. The number of piperidine rings is 1. The van der Waals surface area contributed by atoms with E-state index in [1.807, 2.05) is 33.8 Å². The van der Waals surface area contributed by atoms with Crippen LogP contribution in [0.3, 0.4) is 0 Å². The molecule has 2 aliphatic heterocycles. The normalized spacial score (nSPS) is 31.2. The standard InChI is InChI=1S/C27H38F3N5O5/c1-13(40-26(6)7-8-26)18(33-23(39)27(28,29)30)22(38)35-12-16-17(25(16,4)5)19(35)21(37)32-15(11-31)9-14-10-24(2,3)34-20(14)36/h13-19H,7-10,12H2,1-6H3,(H,32,37)(H,33,39)(H,34,36)/t13-,14-,15+,16?,17?,18+,19?/m1/s1. The number of hydrogen-bond acceptors (Lipinski definition) is 6. The average molecular weight is 570 g/mol. The summed E-state index contributed by atoms with van der Waals surface area (Å²) in [7, 11) is 0. The van der Waals surface area contributed by atoms with Crippen LogP contribution in [-0.4, -0.2) is 76.6 Å². The summed E-state index contributed by atoms with van der Waals surface area (Å²) in [5.41, 5.74) is -1.32. The van der Waals surface area contributed by atoms with Gasteiger partial charge in [0.15, 0.2) is 0 Å². The number of likely N-dealkylation sites (tertiary alicyclic amines) is 1. The lowest BCUT2D eigenvalue weighted by Crippen LogP contribution is -2.61. The van der Waals surface area contributed by atoms with Gasteiger partial charge in [-0.3, -0.25) is 19.2 Å². The van der Waals surface area contributed by atoms with E-state index >= 15 is 0 Å². The Morgan fingerprint density at radius 1 is 1.18 bits per heavy atom. The van der Waals surface area contributed by atoms with Gasteiger partial charge in [0, 0.05) is 18.0 Å². The van der Waals surface area contributed by atoms with Crippen LogP contribution in [0.4, 0.5) is 13.2 Å². The van der Waals surface area contributed by atoms with E-state index in [-0.39, 0.29) is 36.1 Å². The lowest BCUT2D eigenvalue weighted by Gasteiger charge is -2.35. The second-order valence-electron chi connectivity index (χ2n) is 13.3. The monoisotopic (exact) mass is 569 g/mol. The Morgan fingerprint density at radius 3 is 2.30 bits per heavy atom. The van der Waals surface area contributed by atoms with Crippen molar-refractivity contribution in [2.24, 2.45) is 23.2 Å². The number of rotatable bonds is 9. The molecule has 3 unspecified atom stereocenters. The van der Waals surface area contributed by atoms with E-state index in [0.717, 1.165) is 0 Å². The summed E-state index contributed by atoms with van der Waals surface area (Å²) < 4.78 is 45.3. The lowest BCUT2D eigenvalue weighted by molar-refractivity contribution is -0.177. The Hall–Kier alpha value is -2.88. The fraction of sp³-hybridized carbons (Fsp3) is 0.815. The Morgan fingerprint density at radius 2 is 1.80 bits per heavy atom. The topological polar surface area (TPSA) is 141 Å². The van der Waals surface area contributed by atoms with Crippen molar-refractivity contribution in [3.05, 3.63) is 0 Å². The van der Waals surface area contributed by atoms with Gasteiger partial charge in [-0.25, -0.2) is 0 Å². The highest BCUT2D eigenvalue weighted by molar-refractivity contribution is 5.95. The number of carbonyl (C=O) groups excluding carboxylic acids is 4. The van der Waals surface area contributed by atoms with Gasteiger partial charge in [-0.2, -0.15) is 18.4 Å². The molecule has 40 heavy (non-hydrogen) atoms. The quantitative estimate of drug-likeness (QED) is 0.387. The summed E-state index contributed by atoms with van der Waals surface area (Å²) in [6.45, 7) is 10.9. The number of nitriles is 1. The highest BCUT2D eigenvalue weighted by Gasteiger charge is 2.70.